The molecule has 4 N–H and O–H groups in total. The fraction of sp³-hybridized carbons (Fsp3) is 0.115. The zero-order chi connectivity index (χ0) is 24.0. The topological polar surface area (TPSA) is 127 Å². The number of benzene rings is 3. The number of nitrogens with one attached hydrogen (secondary N) is 3. The molecule has 0 radical (unpaired) electrons. The molecule has 174 valence electrons. The van der Waals surface area contributed by atoms with Gasteiger partial charge in [-0.05, 0) is 35.9 Å². The number of aromatic amines is 1. The van der Waals surface area contributed by atoms with Crippen LogP contribution in [0, 0.1) is 0 Å². The Hall–Kier alpha value is -4.63. The molecule has 0 fully saturated rings. The molecule has 1 unspecified atom stereocenters. The molecular formula is C26H23N7O2. The van der Waals surface area contributed by atoms with Gasteiger partial charge in [0, 0.05) is 34.6 Å². The number of hydrogen-bond donors (Lipinski definition) is 4. The monoisotopic (exact) mass is 465 g/mol. The maximum Gasteiger partial charge on any atom is 0.274 e. The van der Waals surface area contributed by atoms with E-state index in [1.807, 2.05) is 66.7 Å². The van der Waals surface area contributed by atoms with Crippen LogP contribution in [0.15, 0.2) is 100 Å². The van der Waals surface area contributed by atoms with Gasteiger partial charge in [0.05, 0.1) is 6.20 Å². The molecule has 9 heteroatoms. The van der Waals surface area contributed by atoms with Crippen LogP contribution in [0.5, 0.6) is 0 Å². The van der Waals surface area contributed by atoms with Crippen LogP contribution < -0.4 is 10.6 Å². The molecule has 5 rings (SSSR count). The molecule has 35 heavy (non-hydrogen) atoms. The largest absolute Gasteiger partial charge is 0.384 e. The highest BCUT2D eigenvalue weighted by molar-refractivity contribution is 6.04. The Morgan fingerprint density at radius 2 is 1.77 bits per heavy atom. The van der Waals surface area contributed by atoms with Crippen molar-refractivity contribution in [3.8, 4) is 0 Å². The van der Waals surface area contributed by atoms with Gasteiger partial charge in [-0.25, -0.2) is 4.99 Å². The van der Waals surface area contributed by atoms with E-state index >= 15 is 0 Å². The minimum absolute atomic E-state index is 0.303. The first-order valence-electron chi connectivity index (χ1n) is 11.1. The van der Waals surface area contributed by atoms with Crippen molar-refractivity contribution in [3.05, 3.63) is 113 Å². The second-order valence-corrected chi connectivity index (χ2v) is 7.92. The van der Waals surface area contributed by atoms with Crippen LogP contribution >= 0.6 is 0 Å². The molecule has 1 atom stereocenters. The van der Waals surface area contributed by atoms with E-state index in [1.54, 1.807) is 18.3 Å². The average molecular weight is 466 g/mol. The molecule has 4 aromatic rings. The maximum absolute atomic E-state index is 12.9. The third-order valence-corrected chi connectivity index (χ3v) is 5.64. The minimum atomic E-state index is -0.772. The molecule has 0 saturated heterocycles. The second-order valence-electron chi connectivity index (χ2n) is 7.92. The number of rotatable bonds is 8. The van der Waals surface area contributed by atoms with E-state index < -0.39 is 6.10 Å². The van der Waals surface area contributed by atoms with Crippen LogP contribution in [0.4, 0.5) is 11.4 Å². The summed E-state index contributed by atoms with van der Waals surface area (Å²) in [5, 5.41) is 31.8. The van der Waals surface area contributed by atoms with Crippen molar-refractivity contribution < 1.29 is 9.90 Å². The van der Waals surface area contributed by atoms with Crippen LogP contribution in [0.3, 0.4) is 0 Å². The Morgan fingerprint density at radius 3 is 2.54 bits per heavy atom. The third-order valence-electron chi connectivity index (χ3n) is 5.64. The number of carbonyl (C=O) groups is 1. The normalized spacial score (nSPS) is 13.3. The van der Waals surface area contributed by atoms with E-state index in [1.165, 1.54) is 0 Å². The smallest absolute Gasteiger partial charge is 0.274 e. The van der Waals surface area contributed by atoms with Crippen molar-refractivity contribution in [2.45, 2.75) is 12.6 Å². The Labute approximate surface area is 201 Å². The molecule has 2 heterocycles. The highest BCUT2D eigenvalue weighted by Crippen LogP contribution is 2.28. The summed E-state index contributed by atoms with van der Waals surface area (Å²) in [6.07, 6.45) is 0.844. The summed E-state index contributed by atoms with van der Waals surface area (Å²) in [5.74, 6) is 0.282. The van der Waals surface area contributed by atoms with Crippen molar-refractivity contribution in [1.29, 1.82) is 0 Å². The molecule has 0 bridgehead atoms. The van der Waals surface area contributed by atoms with Crippen molar-refractivity contribution in [3.63, 3.8) is 0 Å². The van der Waals surface area contributed by atoms with E-state index in [4.69, 9.17) is 0 Å². The van der Waals surface area contributed by atoms with Gasteiger partial charge in [-0.3, -0.25) is 9.89 Å². The summed E-state index contributed by atoms with van der Waals surface area (Å²) in [7, 11) is 0. The highest BCUT2D eigenvalue weighted by atomic mass is 16.3. The number of amidine groups is 1. The lowest BCUT2D eigenvalue weighted by Gasteiger charge is -2.17. The Bertz CT molecular complexity index is 1380. The van der Waals surface area contributed by atoms with Gasteiger partial charge in [0.15, 0.2) is 12.5 Å². The number of aliphatic imine (C=N–C) groups is 1. The third kappa shape index (κ3) is 4.99. The summed E-state index contributed by atoms with van der Waals surface area (Å²) < 4.78 is 0. The number of aliphatic hydroxyl groups excluding tert-OH is 1. The van der Waals surface area contributed by atoms with Crippen molar-refractivity contribution in [2.75, 3.05) is 17.3 Å². The Balaban J connectivity index is 1.27. The van der Waals surface area contributed by atoms with Gasteiger partial charge in [-0.1, -0.05) is 48.5 Å². The molecule has 3 aromatic carbocycles. The molecule has 1 aliphatic heterocycles. The predicted molar refractivity (Wildman–Crippen MR) is 134 cm³/mol. The van der Waals surface area contributed by atoms with Gasteiger partial charge in [0.1, 0.15) is 11.8 Å². The zero-order valence-corrected chi connectivity index (χ0v) is 18.7. The summed E-state index contributed by atoms with van der Waals surface area (Å²) in [6.45, 7) is 0.696. The number of amides is 1. The van der Waals surface area contributed by atoms with E-state index in [-0.39, 0.29) is 5.91 Å². The van der Waals surface area contributed by atoms with E-state index in [9.17, 15) is 9.90 Å². The number of aliphatic hydroxyl groups is 1. The summed E-state index contributed by atoms with van der Waals surface area (Å²) in [5.41, 5.74) is 4.87. The van der Waals surface area contributed by atoms with Gasteiger partial charge in [-0.15, -0.1) is 5.11 Å². The summed E-state index contributed by atoms with van der Waals surface area (Å²) in [6, 6.07) is 24.3. The van der Waals surface area contributed by atoms with Gasteiger partial charge < -0.3 is 15.7 Å². The molecule has 0 spiro atoms. The summed E-state index contributed by atoms with van der Waals surface area (Å²) in [4.78, 5) is 17.1. The average Bonchev–Trinajstić information content (AvgIpc) is 3.61. The first kappa shape index (κ1) is 22.2. The number of azo groups is 1. The van der Waals surface area contributed by atoms with Crippen molar-refractivity contribution >= 4 is 23.1 Å². The number of aromatic nitrogens is 2. The predicted octanol–water partition coefficient (Wildman–Crippen LogP) is 4.53. The van der Waals surface area contributed by atoms with Crippen molar-refractivity contribution in [2.24, 2.45) is 15.2 Å². The lowest BCUT2D eigenvalue weighted by Crippen LogP contribution is -2.16. The molecule has 9 nitrogen and oxygen atoms in total. The molecule has 1 aromatic heterocycles. The summed E-state index contributed by atoms with van der Waals surface area (Å²) >= 11 is 0. The zero-order valence-electron chi connectivity index (χ0n) is 18.7. The van der Waals surface area contributed by atoms with Crippen molar-refractivity contribution in [1.82, 2.24) is 10.2 Å². The molecule has 1 aliphatic rings. The van der Waals surface area contributed by atoms with Gasteiger partial charge in [0.2, 0.25) is 0 Å². The van der Waals surface area contributed by atoms with Crippen LogP contribution in [-0.2, 0) is 6.54 Å². The van der Waals surface area contributed by atoms with E-state index in [2.05, 4.69) is 36.1 Å². The SMILES string of the molecule is O=C(Nc1ccc(C2=NCN=N2)cc1)c1[nH]ncc1CNc1ccccc1C(O)c1ccccc1. The van der Waals surface area contributed by atoms with Crippen LogP contribution in [-0.4, -0.2) is 33.7 Å². The Kier molecular flexibility index (Phi) is 6.40. The van der Waals surface area contributed by atoms with Gasteiger partial charge in [0.25, 0.3) is 5.91 Å². The first-order chi connectivity index (χ1) is 17.2. The van der Waals surface area contributed by atoms with E-state index in [0.717, 1.165) is 22.4 Å². The molecule has 1 amide bonds. The number of anilines is 2. The maximum atomic E-state index is 12.9. The quantitative estimate of drug-likeness (QED) is 0.305. The highest BCUT2D eigenvalue weighted by Gasteiger charge is 2.17. The molecule has 0 saturated carbocycles. The number of nitrogens with zero attached hydrogens (tertiary/aromatic N) is 4. The first-order valence-corrected chi connectivity index (χ1v) is 11.1. The standard InChI is InChI=1S/C26H23N7O2/c34-24(17-6-2-1-3-7-17)21-8-4-5-9-22(21)27-14-19-15-29-32-23(19)26(35)31-20-12-10-18(11-13-20)25-28-16-30-33-25/h1-13,15,24,27,34H,14,16H2,(H,29,32)(H,31,35). The van der Waals surface area contributed by atoms with Gasteiger partial charge >= 0.3 is 0 Å². The number of hydrogen-bond acceptors (Lipinski definition) is 7. The number of para-hydroxylation sites is 1. The number of H-pyrrole nitrogens is 1. The van der Waals surface area contributed by atoms with Crippen LogP contribution in [0.1, 0.15) is 38.8 Å². The van der Waals surface area contributed by atoms with Crippen LogP contribution in [0.2, 0.25) is 0 Å². The lowest BCUT2D eigenvalue weighted by molar-refractivity contribution is 0.102. The minimum Gasteiger partial charge on any atom is -0.384 e. The molecular weight excluding hydrogens is 442 g/mol. The van der Waals surface area contributed by atoms with Gasteiger partial charge in [-0.2, -0.15) is 10.2 Å². The van der Waals surface area contributed by atoms with Crippen LogP contribution in [0.25, 0.3) is 0 Å². The van der Waals surface area contributed by atoms with E-state index in [0.29, 0.717) is 36.0 Å². The number of carbonyl (C=O) groups excluding carboxylic acids is 1. The second kappa shape index (κ2) is 10.1. The fourth-order valence-corrected chi connectivity index (χ4v) is 3.82. The fourth-order valence-electron chi connectivity index (χ4n) is 3.82. The molecule has 0 aliphatic carbocycles. The Morgan fingerprint density at radius 1 is 1.00 bits per heavy atom. The lowest BCUT2D eigenvalue weighted by atomic mass is 10.00.